The van der Waals surface area contributed by atoms with Crippen LogP contribution in [0.4, 0.5) is 10.6 Å². The third-order valence-electron chi connectivity index (χ3n) is 5.50. The van der Waals surface area contributed by atoms with Crippen LogP contribution in [0.5, 0.6) is 11.5 Å². The highest BCUT2D eigenvalue weighted by Gasteiger charge is 2.29. The van der Waals surface area contributed by atoms with Gasteiger partial charge in [0, 0.05) is 12.1 Å². The molecule has 1 fully saturated rings. The SMILES string of the molecule is COc1ccc(Cn2nc(-c3ccnnc3)c(OCC3CN(C(=O)OC(C)(C)C)CCO3)c2N)cc1. The van der Waals surface area contributed by atoms with Gasteiger partial charge in [0.25, 0.3) is 0 Å². The summed E-state index contributed by atoms with van der Waals surface area (Å²) < 4.78 is 24.4. The fourth-order valence-electron chi connectivity index (χ4n) is 3.73. The van der Waals surface area contributed by atoms with E-state index in [0.29, 0.717) is 43.5 Å². The molecule has 0 radical (unpaired) electrons. The first kappa shape index (κ1) is 25.2. The summed E-state index contributed by atoms with van der Waals surface area (Å²) in [6, 6.07) is 9.47. The van der Waals surface area contributed by atoms with Crippen LogP contribution in [0, 0.1) is 0 Å². The van der Waals surface area contributed by atoms with Crippen LogP contribution in [0.25, 0.3) is 11.3 Å². The summed E-state index contributed by atoms with van der Waals surface area (Å²) in [7, 11) is 1.63. The van der Waals surface area contributed by atoms with Crippen molar-refractivity contribution in [2.75, 3.05) is 39.1 Å². The lowest BCUT2D eigenvalue weighted by atomic mass is 10.2. The molecule has 2 aromatic heterocycles. The number of morpholine rings is 1. The van der Waals surface area contributed by atoms with Gasteiger partial charge in [0.05, 0.1) is 39.2 Å². The van der Waals surface area contributed by atoms with Gasteiger partial charge in [-0.2, -0.15) is 15.3 Å². The summed E-state index contributed by atoms with van der Waals surface area (Å²) >= 11 is 0. The number of nitrogen functional groups attached to an aromatic ring is 1. The highest BCUT2D eigenvalue weighted by molar-refractivity contribution is 5.72. The number of amides is 1. The fraction of sp³-hybridized carbons (Fsp3) is 0.440. The molecule has 1 unspecified atom stereocenters. The van der Waals surface area contributed by atoms with E-state index in [4.69, 9.17) is 29.8 Å². The van der Waals surface area contributed by atoms with Crippen LogP contribution >= 0.6 is 0 Å². The Bertz CT molecular complexity index is 1160. The smallest absolute Gasteiger partial charge is 0.410 e. The summed E-state index contributed by atoms with van der Waals surface area (Å²) in [5, 5.41) is 12.5. The standard InChI is InChI=1S/C25H32N6O5/c1-25(2,3)36-24(32)30-11-12-34-20(15-30)16-35-22-21(18-9-10-27-28-13-18)29-31(23(22)26)14-17-5-7-19(33-4)8-6-17/h5-10,13,20H,11-12,14-16,26H2,1-4H3. The number of ether oxygens (including phenoxy) is 4. The van der Waals surface area contributed by atoms with E-state index in [1.54, 1.807) is 35.2 Å². The Labute approximate surface area is 210 Å². The van der Waals surface area contributed by atoms with Crippen molar-refractivity contribution in [2.24, 2.45) is 0 Å². The van der Waals surface area contributed by atoms with Crippen molar-refractivity contribution in [2.45, 2.75) is 39.0 Å². The van der Waals surface area contributed by atoms with Crippen molar-refractivity contribution < 1.29 is 23.7 Å². The number of carbonyl (C=O) groups excluding carboxylic acids is 1. The molecule has 3 heterocycles. The van der Waals surface area contributed by atoms with Crippen molar-refractivity contribution in [3.8, 4) is 22.8 Å². The van der Waals surface area contributed by atoms with Gasteiger partial charge in [0.2, 0.25) is 0 Å². The first-order valence-corrected chi connectivity index (χ1v) is 11.7. The van der Waals surface area contributed by atoms with E-state index >= 15 is 0 Å². The van der Waals surface area contributed by atoms with Crippen LogP contribution in [0.3, 0.4) is 0 Å². The first-order valence-electron chi connectivity index (χ1n) is 11.7. The second kappa shape index (κ2) is 10.8. The Balaban J connectivity index is 1.51. The molecule has 3 aromatic rings. The van der Waals surface area contributed by atoms with Crippen molar-refractivity contribution in [3.63, 3.8) is 0 Å². The van der Waals surface area contributed by atoms with Crippen LogP contribution < -0.4 is 15.2 Å². The summed E-state index contributed by atoms with van der Waals surface area (Å²) in [4.78, 5) is 14.1. The maximum atomic E-state index is 12.5. The summed E-state index contributed by atoms with van der Waals surface area (Å²) in [5.74, 6) is 1.57. The Hall–Kier alpha value is -3.86. The molecule has 1 saturated heterocycles. The highest BCUT2D eigenvalue weighted by atomic mass is 16.6. The largest absolute Gasteiger partial charge is 0.497 e. The van der Waals surface area contributed by atoms with E-state index in [-0.39, 0.29) is 18.8 Å². The molecular formula is C25H32N6O5. The van der Waals surface area contributed by atoms with Gasteiger partial charge in [0.15, 0.2) is 11.6 Å². The molecule has 1 aliphatic heterocycles. The number of benzene rings is 1. The van der Waals surface area contributed by atoms with Gasteiger partial charge >= 0.3 is 6.09 Å². The van der Waals surface area contributed by atoms with Gasteiger partial charge in [-0.05, 0) is 44.5 Å². The lowest BCUT2D eigenvalue weighted by molar-refractivity contribution is -0.0555. The van der Waals surface area contributed by atoms with E-state index in [1.165, 1.54) is 0 Å². The number of carbonyl (C=O) groups is 1. The monoisotopic (exact) mass is 496 g/mol. The molecule has 0 bridgehead atoms. The minimum Gasteiger partial charge on any atom is -0.497 e. The van der Waals surface area contributed by atoms with Crippen LogP contribution in [0.1, 0.15) is 26.3 Å². The van der Waals surface area contributed by atoms with Gasteiger partial charge in [-0.3, -0.25) is 0 Å². The normalized spacial score (nSPS) is 16.0. The summed E-state index contributed by atoms with van der Waals surface area (Å²) in [6.45, 7) is 7.35. The highest BCUT2D eigenvalue weighted by Crippen LogP contribution is 2.35. The number of rotatable bonds is 7. The van der Waals surface area contributed by atoms with Gasteiger partial charge in [-0.25, -0.2) is 9.48 Å². The molecule has 1 amide bonds. The second-order valence-electron chi connectivity index (χ2n) is 9.43. The van der Waals surface area contributed by atoms with Gasteiger partial charge in [0.1, 0.15) is 29.8 Å². The average molecular weight is 497 g/mol. The minimum atomic E-state index is -0.568. The molecule has 2 N–H and O–H groups in total. The molecule has 36 heavy (non-hydrogen) atoms. The number of nitrogens with two attached hydrogens (primary N) is 1. The molecular weight excluding hydrogens is 464 g/mol. The van der Waals surface area contributed by atoms with Crippen LogP contribution in [0.15, 0.2) is 42.7 Å². The van der Waals surface area contributed by atoms with Gasteiger partial charge < -0.3 is 29.6 Å². The topological polar surface area (TPSA) is 127 Å². The van der Waals surface area contributed by atoms with Gasteiger partial charge in [-0.15, -0.1) is 0 Å². The van der Waals surface area contributed by atoms with E-state index in [9.17, 15) is 4.79 Å². The lowest BCUT2D eigenvalue weighted by Gasteiger charge is -2.34. The molecule has 1 atom stereocenters. The molecule has 1 aromatic carbocycles. The van der Waals surface area contributed by atoms with E-state index in [2.05, 4.69) is 10.2 Å². The van der Waals surface area contributed by atoms with E-state index in [1.807, 2.05) is 45.0 Å². The Morgan fingerprint density at radius 3 is 2.64 bits per heavy atom. The quantitative estimate of drug-likeness (QED) is 0.525. The number of hydrogen-bond donors (Lipinski definition) is 1. The van der Waals surface area contributed by atoms with E-state index in [0.717, 1.165) is 16.9 Å². The van der Waals surface area contributed by atoms with Crippen molar-refractivity contribution in [1.29, 1.82) is 0 Å². The number of methoxy groups -OCH3 is 1. The maximum absolute atomic E-state index is 12.5. The third kappa shape index (κ3) is 6.22. The molecule has 4 rings (SSSR count). The number of nitrogens with zero attached hydrogens (tertiary/aromatic N) is 5. The van der Waals surface area contributed by atoms with Gasteiger partial charge in [-0.1, -0.05) is 12.1 Å². The van der Waals surface area contributed by atoms with Crippen molar-refractivity contribution in [3.05, 3.63) is 48.3 Å². The minimum absolute atomic E-state index is 0.184. The van der Waals surface area contributed by atoms with Crippen LogP contribution in [-0.4, -0.2) is 76.1 Å². The first-order chi connectivity index (χ1) is 17.2. The summed E-state index contributed by atoms with van der Waals surface area (Å²) in [6.07, 6.45) is 2.47. The molecule has 11 heteroatoms. The zero-order valence-corrected chi connectivity index (χ0v) is 21.0. The molecule has 11 nitrogen and oxygen atoms in total. The Morgan fingerprint density at radius 2 is 1.97 bits per heavy atom. The Morgan fingerprint density at radius 1 is 1.19 bits per heavy atom. The zero-order chi connectivity index (χ0) is 25.7. The number of hydrogen-bond acceptors (Lipinski definition) is 9. The number of anilines is 1. The number of aromatic nitrogens is 4. The maximum Gasteiger partial charge on any atom is 0.410 e. The molecule has 0 spiro atoms. The third-order valence-corrected chi connectivity index (χ3v) is 5.50. The van der Waals surface area contributed by atoms with Crippen molar-refractivity contribution >= 4 is 11.9 Å². The van der Waals surface area contributed by atoms with Crippen LogP contribution in [0.2, 0.25) is 0 Å². The predicted octanol–water partition coefficient (Wildman–Crippen LogP) is 2.99. The molecule has 0 aliphatic carbocycles. The second-order valence-corrected chi connectivity index (χ2v) is 9.43. The van der Waals surface area contributed by atoms with Crippen LogP contribution in [-0.2, 0) is 16.0 Å². The van der Waals surface area contributed by atoms with Crippen molar-refractivity contribution in [1.82, 2.24) is 24.9 Å². The molecule has 0 saturated carbocycles. The molecule has 1 aliphatic rings. The predicted molar refractivity (Wildman–Crippen MR) is 133 cm³/mol. The lowest BCUT2D eigenvalue weighted by Crippen LogP contribution is -2.49. The molecule has 192 valence electrons. The zero-order valence-electron chi connectivity index (χ0n) is 21.0. The Kier molecular flexibility index (Phi) is 7.58. The average Bonchev–Trinajstić information content (AvgIpc) is 3.17. The van der Waals surface area contributed by atoms with E-state index < -0.39 is 5.60 Å². The fourth-order valence-corrected chi connectivity index (χ4v) is 3.73. The summed E-state index contributed by atoms with van der Waals surface area (Å²) in [5.41, 5.74) is 8.20.